The molecule has 1 amide bonds. The van der Waals surface area contributed by atoms with Gasteiger partial charge < -0.3 is 20.6 Å². The van der Waals surface area contributed by atoms with Gasteiger partial charge in [-0.2, -0.15) is 0 Å². The Bertz CT molecular complexity index is 648. The number of nitrogens with two attached hydrogens (primary N) is 1. The first-order chi connectivity index (χ1) is 11.8. The number of benzene rings is 1. The second kappa shape index (κ2) is 6.65. The van der Waals surface area contributed by atoms with E-state index in [-0.39, 0.29) is 18.9 Å². The first-order valence-corrected chi connectivity index (χ1v) is 8.43. The number of hydrogen-bond donors (Lipinski definition) is 2. The lowest BCUT2D eigenvalue weighted by Crippen LogP contribution is -2.53. The number of alkyl halides is 2. The summed E-state index contributed by atoms with van der Waals surface area (Å²) in [5.74, 6) is -4.42. The normalized spacial score (nSPS) is 24.4. The number of likely N-dealkylation sites (tertiary alicyclic amines) is 1. The minimum atomic E-state index is -3.02. The van der Waals surface area contributed by atoms with Crippen LogP contribution in [0.3, 0.4) is 0 Å². The van der Waals surface area contributed by atoms with Gasteiger partial charge in [-0.3, -0.25) is 0 Å². The second-order valence-corrected chi connectivity index (χ2v) is 6.90. The van der Waals surface area contributed by atoms with Crippen molar-refractivity contribution in [2.75, 3.05) is 36.8 Å². The van der Waals surface area contributed by atoms with Crippen molar-refractivity contribution in [3.63, 3.8) is 0 Å². The molecule has 3 N–H and O–H groups in total. The van der Waals surface area contributed by atoms with Gasteiger partial charge in [0.05, 0.1) is 12.2 Å². The van der Waals surface area contributed by atoms with Crippen LogP contribution >= 0.6 is 0 Å². The highest BCUT2D eigenvalue weighted by Crippen LogP contribution is 2.42. The van der Waals surface area contributed by atoms with E-state index in [0.29, 0.717) is 37.3 Å². The zero-order valence-corrected chi connectivity index (χ0v) is 13.8. The molecular formula is C17H22F3N3O2. The molecule has 1 atom stereocenters. The van der Waals surface area contributed by atoms with E-state index in [2.05, 4.69) is 0 Å². The molecule has 138 valence electrons. The summed E-state index contributed by atoms with van der Waals surface area (Å²) >= 11 is 0. The molecule has 0 aromatic heterocycles. The Morgan fingerprint density at radius 2 is 1.88 bits per heavy atom. The van der Waals surface area contributed by atoms with Crippen LogP contribution in [0.5, 0.6) is 0 Å². The zero-order chi connectivity index (χ0) is 18.2. The van der Waals surface area contributed by atoms with Crippen molar-refractivity contribution in [1.82, 2.24) is 4.90 Å². The molecule has 2 heterocycles. The van der Waals surface area contributed by atoms with Gasteiger partial charge in [-0.05, 0) is 43.4 Å². The molecular weight excluding hydrogens is 335 g/mol. The molecule has 0 aliphatic carbocycles. The van der Waals surface area contributed by atoms with Gasteiger partial charge >= 0.3 is 6.09 Å². The van der Waals surface area contributed by atoms with Crippen LogP contribution in [0.4, 0.5) is 29.3 Å². The Kier molecular flexibility index (Phi) is 4.71. The minimum absolute atomic E-state index is 0.141. The molecule has 0 radical (unpaired) electrons. The number of halogens is 3. The van der Waals surface area contributed by atoms with Gasteiger partial charge in [0.25, 0.3) is 5.92 Å². The van der Waals surface area contributed by atoms with Crippen LogP contribution in [-0.2, 0) is 0 Å². The Hall–Kier alpha value is -2.12. The highest BCUT2D eigenvalue weighted by molar-refractivity contribution is 5.65. The lowest BCUT2D eigenvalue weighted by atomic mass is 9.76. The number of carboxylic acid groups (broad SMARTS) is 1. The molecule has 8 heteroatoms. The van der Waals surface area contributed by atoms with E-state index in [4.69, 9.17) is 10.8 Å². The molecule has 1 aromatic carbocycles. The fraction of sp³-hybridized carbons (Fsp3) is 0.588. The molecule has 0 saturated carbocycles. The summed E-state index contributed by atoms with van der Waals surface area (Å²) in [6.07, 6.45) is -0.0548. The average Bonchev–Trinajstić information content (AvgIpc) is 2.54. The number of nitrogens with zero attached hydrogens (tertiary/aromatic N) is 2. The van der Waals surface area contributed by atoms with Gasteiger partial charge in [-0.25, -0.2) is 18.0 Å². The van der Waals surface area contributed by atoms with Crippen LogP contribution in [0, 0.1) is 17.7 Å². The first kappa shape index (κ1) is 17.7. The number of amides is 1. The summed E-state index contributed by atoms with van der Waals surface area (Å²) in [6, 6.07) is 4.50. The molecule has 0 spiro atoms. The zero-order valence-electron chi connectivity index (χ0n) is 13.8. The molecule has 1 aromatic rings. The van der Waals surface area contributed by atoms with Crippen molar-refractivity contribution in [2.24, 2.45) is 11.8 Å². The van der Waals surface area contributed by atoms with E-state index in [1.165, 1.54) is 6.07 Å². The third kappa shape index (κ3) is 3.62. The van der Waals surface area contributed by atoms with Gasteiger partial charge in [0, 0.05) is 31.2 Å². The maximum absolute atomic E-state index is 14.4. The molecule has 2 aliphatic heterocycles. The second-order valence-electron chi connectivity index (χ2n) is 6.90. The Morgan fingerprint density at radius 3 is 2.44 bits per heavy atom. The molecule has 2 fully saturated rings. The fourth-order valence-electron chi connectivity index (χ4n) is 4.02. The lowest BCUT2D eigenvalue weighted by molar-refractivity contribution is -0.125. The number of nitrogen functional groups attached to an aromatic ring is 1. The lowest BCUT2D eigenvalue weighted by Gasteiger charge is -2.44. The monoisotopic (exact) mass is 357 g/mol. The third-order valence-corrected chi connectivity index (χ3v) is 5.35. The van der Waals surface area contributed by atoms with Crippen LogP contribution in [0.2, 0.25) is 0 Å². The van der Waals surface area contributed by atoms with Crippen LogP contribution in [0.1, 0.15) is 19.3 Å². The molecule has 25 heavy (non-hydrogen) atoms. The maximum atomic E-state index is 14.4. The van der Waals surface area contributed by atoms with Crippen molar-refractivity contribution in [3.8, 4) is 0 Å². The van der Waals surface area contributed by atoms with E-state index in [9.17, 15) is 18.0 Å². The van der Waals surface area contributed by atoms with Gasteiger partial charge in [0.2, 0.25) is 0 Å². The summed E-state index contributed by atoms with van der Waals surface area (Å²) in [5.41, 5.74) is 6.34. The van der Waals surface area contributed by atoms with Crippen LogP contribution < -0.4 is 10.6 Å². The van der Waals surface area contributed by atoms with E-state index >= 15 is 0 Å². The highest BCUT2D eigenvalue weighted by atomic mass is 19.3. The van der Waals surface area contributed by atoms with Gasteiger partial charge in [-0.1, -0.05) is 0 Å². The molecule has 5 nitrogen and oxygen atoms in total. The predicted molar refractivity (Wildman–Crippen MR) is 88.4 cm³/mol. The quantitative estimate of drug-likeness (QED) is 0.797. The van der Waals surface area contributed by atoms with Crippen molar-refractivity contribution in [3.05, 3.63) is 24.0 Å². The average molecular weight is 357 g/mol. The van der Waals surface area contributed by atoms with Crippen LogP contribution in [0.25, 0.3) is 0 Å². The van der Waals surface area contributed by atoms with Gasteiger partial charge in [-0.15, -0.1) is 0 Å². The Morgan fingerprint density at radius 1 is 1.20 bits per heavy atom. The minimum Gasteiger partial charge on any atom is -0.465 e. The van der Waals surface area contributed by atoms with Crippen molar-refractivity contribution >= 4 is 17.5 Å². The molecule has 2 aliphatic rings. The van der Waals surface area contributed by atoms with E-state index < -0.39 is 30.3 Å². The SMILES string of the molecule is Nc1ccc(N2CCC([C@H]3CCN(C(=O)O)CC3(F)F)CC2)c(F)c1. The highest BCUT2D eigenvalue weighted by Gasteiger charge is 2.49. The first-order valence-electron chi connectivity index (χ1n) is 8.43. The number of rotatable bonds is 2. The fourth-order valence-corrected chi connectivity index (χ4v) is 4.02. The predicted octanol–water partition coefficient (Wildman–Crippen LogP) is 3.26. The smallest absolute Gasteiger partial charge is 0.407 e. The number of carbonyl (C=O) groups is 1. The van der Waals surface area contributed by atoms with Crippen molar-refractivity contribution < 1.29 is 23.1 Å². The summed E-state index contributed by atoms with van der Waals surface area (Å²) in [4.78, 5) is 13.6. The molecule has 0 bridgehead atoms. The number of hydrogen-bond acceptors (Lipinski definition) is 3. The third-order valence-electron chi connectivity index (χ3n) is 5.35. The van der Waals surface area contributed by atoms with Crippen molar-refractivity contribution in [1.29, 1.82) is 0 Å². The number of anilines is 2. The Balaban J connectivity index is 1.63. The summed E-state index contributed by atoms with van der Waals surface area (Å²) in [7, 11) is 0. The van der Waals surface area contributed by atoms with E-state index in [0.717, 1.165) is 4.90 Å². The standard InChI is InChI=1S/C17H22F3N3O2/c18-14-9-12(21)1-2-15(14)22-6-3-11(4-7-22)13-5-8-23(16(24)25)10-17(13,19)20/h1-2,9,11,13H,3-8,10,21H2,(H,24,25)/t13-/m1/s1. The summed E-state index contributed by atoms with van der Waals surface area (Å²) < 4.78 is 42.8. The van der Waals surface area contributed by atoms with E-state index in [1.54, 1.807) is 12.1 Å². The van der Waals surface area contributed by atoms with Crippen LogP contribution in [0.15, 0.2) is 18.2 Å². The van der Waals surface area contributed by atoms with Gasteiger partial charge in [0.15, 0.2) is 0 Å². The maximum Gasteiger partial charge on any atom is 0.407 e. The Labute approximate surface area is 144 Å². The van der Waals surface area contributed by atoms with Gasteiger partial charge in [0.1, 0.15) is 5.82 Å². The number of piperidine rings is 2. The van der Waals surface area contributed by atoms with E-state index in [1.807, 2.05) is 4.90 Å². The summed E-state index contributed by atoms with van der Waals surface area (Å²) in [5, 5.41) is 8.91. The van der Waals surface area contributed by atoms with Crippen molar-refractivity contribution in [2.45, 2.75) is 25.2 Å². The molecule has 0 unspecified atom stereocenters. The largest absolute Gasteiger partial charge is 0.465 e. The molecule has 3 rings (SSSR count). The van der Waals surface area contributed by atoms with Crippen LogP contribution in [-0.4, -0.2) is 48.2 Å². The molecule has 2 saturated heterocycles. The topological polar surface area (TPSA) is 69.8 Å². The summed E-state index contributed by atoms with van der Waals surface area (Å²) in [6.45, 7) is 0.406.